The third-order valence-electron chi connectivity index (χ3n) is 3.77. The second-order valence-corrected chi connectivity index (χ2v) is 7.80. The van der Waals surface area contributed by atoms with Gasteiger partial charge in [0, 0.05) is 29.9 Å². The number of benzene rings is 2. The second kappa shape index (κ2) is 11.9. The maximum absolute atomic E-state index is 8.86. The first-order valence-electron chi connectivity index (χ1n) is 9.42. The second-order valence-electron chi connectivity index (χ2n) is 5.28. The monoisotopic (exact) mass is 406 g/mol. The molecular formula is C24H26N2S2. The Balaban J connectivity index is 0.000000238. The summed E-state index contributed by atoms with van der Waals surface area (Å²) in [6, 6.07) is 20.5. The van der Waals surface area contributed by atoms with Gasteiger partial charge in [-0.2, -0.15) is 10.5 Å². The van der Waals surface area contributed by atoms with Gasteiger partial charge in [0.25, 0.3) is 0 Å². The van der Waals surface area contributed by atoms with E-state index >= 15 is 0 Å². The number of hydrogen-bond donors (Lipinski definition) is 0. The predicted molar refractivity (Wildman–Crippen MR) is 125 cm³/mol. The zero-order valence-corrected chi connectivity index (χ0v) is 19.0. The molecule has 0 aliphatic rings. The highest BCUT2D eigenvalue weighted by Gasteiger charge is 2.06. The van der Waals surface area contributed by atoms with Crippen molar-refractivity contribution in [1.82, 2.24) is 0 Å². The Morgan fingerprint density at radius 3 is 1.25 bits per heavy atom. The minimum Gasteiger partial charge on any atom is -0.192 e. The summed E-state index contributed by atoms with van der Waals surface area (Å²) >= 11 is 3.36. The lowest BCUT2D eigenvalue weighted by Gasteiger charge is -1.86. The summed E-state index contributed by atoms with van der Waals surface area (Å²) in [6.45, 7) is 12.0. The molecule has 144 valence electrons. The Morgan fingerprint density at radius 2 is 0.929 bits per heavy atom. The number of nitriles is 2. The Hall–Kier alpha value is -2.66. The fraction of sp³-hybridized carbons (Fsp3) is 0.250. The van der Waals surface area contributed by atoms with E-state index in [2.05, 4.69) is 12.1 Å². The van der Waals surface area contributed by atoms with Crippen molar-refractivity contribution in [3.05, 3.63) is 69.4 Å². The molecule has 4 rings (SSSR count). The van der Waals surface area contributed by atoms with E-state index < -0.39 is 0 Å². The van der Waals surface area contributed by atoms with Crippen molar-refractivity contribution >= 4 is 42.8 Å². The topological polar surface area (TPSA) is 47.6 Å². The lowest BCUT2D eigenvalue weighted by atomic mass is 10.1. The molecule has 0 radical (unpaired) electrons. The molecule has 0 fully saturated rings. The molecule has 0 saturated carbocycles. The average Bonchev–Trinajstić information content (AvgIpc) is 3.25. The van der Waals surface area contributed by atoms with E-state index in [1.807, 2.05) is 90.1 Å². The van der Waals surface area contributed by atoms with Crippen LogP contribution in [0.25, 0.3) is 20.2 Å². The largest absolute Gasteiger partial charge is 0.192 e. The molecule has 4 heteroatoms. The van der Waals surface area contributed by atoms with Crippen LogP contribution in [0.4, 0.5) is 0 Å². The van der Waals surface area contributed by atoms with E-state index in [-0.39, 0.29) is 0 Å². The summed E-state index contributed by atoms with van der Waals surface area (Å²) in [5, 5.41) is 19.9. The molecule has 2 nitrogen and oxygen atoms in total. The molecule has 0 unspecified atom stereocenters. The van der Waals surface area contributed by atoms with Crippen LogP contribution < -0.4 is 0 Å². The van der Waals surface area contributed by atoms with Gasteiger partial charge in [-0.3, -0.25) is 0 Å². The van der Waals surface area contributed by atoms with Crippen molar-refractivity contribution in [2.75, 3.05) is 0 Å². The highest BCUT2D eigenvalue weighted by Crippen LogP contribution is 2.30. The van der Waals surface area contributed by atoms with Gasteiger partial charge in [-0.05, 0) is 26.0 Å². The molecule has 0 aliphatic carbocycles. The molecule has 28 heavy (non-hydrogen) atoms. The van der Waals surface area contributed by atoms with Crippen LogP contribution in [0.15, 0.2) is 48.5 Å². The van der Waals surface area contributed by atoms with Gasteiger partial charge in [-0.15, -0.1) is 22.7 Å². The van der Waals surface area contributed by atoms with Crippen molar-refractivity contribution in [3.8, 4) is 12.1 Å². The summed E-state index contributed by atoms with van der Waals surface area (Å²) in [6.07, 6.45) is 0. The van der Waals surface area contributed by atoms with Gasteiger partial charge < -0.3 is 0 Å². The average molecular weight is 407 g/mol. The fourth-order valence-corrected chi connectivity index (χ4v) is 4.64. The molecule has 2 aromatic carbocycles. The Bertz CT molecular complexity index is 1020. The zero-order chi connectivity index (χ0) is 21.1. The minimum absolute atomic E-state index is 0.829. The third-order valence-corrected chi connectivity index (χ3v) is 5.94. The van der Waals surface area contributed by atoms with Crippen molar-refractivity contribution in [2.45, 2.75) is 41.5 Å². The molecule has 0 saturated heterocycles. The molecule has 0 N–H and O–H groups in total. The smallest absolute Gasteiger partial charge is 0.101 e. The van der Waals surface area contributed by atoms with Crippen molar-refractivity contribution in [3.63, 3.8) is 0 Å². The summed E-state index contributed by atoms with van der Waals surface area (Å²) in [7, 11) is 0. The van der Waals surface area contributed by atoms with Gasteiger partial charge in [-0.25, -0.2) is 0 Å². The first-order valence-corrected chi connectivity index (χ1v) is 11.1. The van der Waals surface area contributed by atoms with E-state index in [4.69, 9.17) is 10.5 Å². The Morgan fingerprint density at radius 1 is 0.607 bits per heavy atom. The SMILES string of the molecule is CC.CC.Cc1sc2ccccc2c1C#N.Cc1sc2ccccc2c1C#N. The zero-order valence-electron chi connectivity index (χ0n) is 17.3. The molecule has 0 spiro atoms. The van der Waals surface area contributed by atoms with Crippen LogP contribution in [0.2, 0.25) is 0 Å². The third kappa shape index (κ3) is 5.20. The summed E-state index contributed by atoms with van der Waals surface area (Å²) in [5.74, 6) is 0. The summed E-state index contributed by atoms with van der Waals surface area (Å²) < 4.78 is 2.40. The summed E-state index contributed by atoms with van der Waals surface area (Å²) in [5.41, 5.74) is 1.66. The molecule has 0 aliphatic heterocycles. The number of nitrogens with zero attached hydrogens (tertiary/aromatic N) is 2. The van der Waals surface area contributed by atoms with Crippen molar-refractivity contribution in [2.24, 2.45) is 0 Å². The highest BCUT2D eigenvalue weighted by atomic mass is 32.1. The van der Waals surface area contributed by atoms with E-state index in [0.29, 0.717) is 0 Å². The normalized spacial score (nSPS) is 9.00. The highest BCUT2D eigenvalue weighted by molar-refractivity contribution is 7.19. The van der Waals surface area contributed by atoms with Crippen molar-refractivity contribution < 1.29 is 0 Å². The van der Waals surface area contributed by atoms with Gasteiger partial charge in [0.2, 0.25) is 0 Å². The van der Waals surface area contributed by atoms with Crippen LogP contribution in [0.3, 0.4) is 0 Å². The number of fused-ring (bicyclic) bond motifs is 2. The molecule has 2 aromatic heterocycles. The summed E-state index contributed by atoms with van der Waals surface area (Å²) in [4.78, 5) is 2.22. The number of rotatable bonds is 0. The number of thiophene rings is 2. The Labute approximate surface area is 176 Å². The van der Waals surface area contributed by atoms with E-state index in [1.165, 1.54) is 9.40 Å². The Kier molecular flexibility index (Phi) is 9.96. The lowest BCUT2D eigenvalue weighted by molar-refractivity contribution is 1.48. The molecule has 0 bridgehead atoms. The van der Waals surface area contributed by atoms with Crippen LogP contribution in [-0.4, -0.2) is 0 Å². The van der Waals surface area contributed by atoms with Crippen LogP contribution in [0, 0.1) is 36.5 Å². The van der Waals surface area contributed by atoms with Gasteiger partial charge in [0.05, 0.1) is 11.1 Å². The molecule has 2 heterocycles. The molecule has 0 atom stereocenters. The van der Waals surface area contributed by atoms with E-state index in [1.54, 1.807) is 22.7 Å². The minimum atomic E-state index is 0.829. The fourth-order valence-electron chi connectivity index (χ4n) is 2.61. The maximum atomic E-state index is 8.86. The van der Waals surface area contributed by atoms with Crippen LogP contribution in [0.1, 0.15) is 48.6 Å². The van der Waals surface area contributed by atoms with Crippen LogP contribution in [-0.2, 0) is 0 Å². The van der Waals surface area contributed by atoms with Gasteiger partial charge >= 0.3 is 0 Å². The van der Waals surface area contributed by atoms with Gasteiger partial charge in [-0.1, -0.05) is 64.1 Å². The number of hydrogen-bond acceptors (Lipinski definition) is 4. The molecular weight excluding hydrogens is 380 g/mol. The van der Waals surface area contributed by atoms with Gasteiger partial charge in [0.1, 0.15) is 12.1 Å². The van der Waals surface area contributed by atoms with Crippen LogP contribution in [0.5, 0.6) is 0 Å². The van der Waals surface area contributed by atoms with Crippen molar-refractivity contribution in [1.29, 1.82) is 10.5 Å². The number of aryl methyl sites for hydroxylation is 2. The van der Waals surface area contributed by atoms with Crippen LogP contribution >= 0.6 is 22.7 Å². The van der Waals surface area contributed by atoms with E-state index in [0.717, 1.165) is 31.7 Å². The lowest BCUT2D eigenvalue weighted by Crippen LogP contribution is -1.71. The standard InChI is InChI=1S/2C10H7NS.2C2H6/c2*1-7-9(6-11)8-4-2-3-5-10(8)12-7;2*1-2/h2*2-5H,1H3;2*1-2H3. The van der Waals surface area contributed by atoms with Gasteiger partial charge in [0.15, 0.2) is 0 Å². The molecule has 4 aromatic rings. The maximum Gasteiger partial charge on any atom is 0.101 e. The predicted octanol–water partition coefficient (Wildman–Crippen LogP) is 8.22. The quantitative estimate of drug-likeness (QED) is 0.295. The molecule has 0 amide bonds. The first kappa shape index (κ1) is 23.4. The van der Waals surface area contributed by atoms with E-state index in [9.17, 15) is 0 Å². The first-order chi connectivity index (χ1) is 13.7.